The molecule has 0 bridgehead atoms. The van der Waals surface area contributed by atoms with Crippen molar-refractivity contribution in [2.75, 3.05) is 40.3 Å². The summed E-state index contributed by atoms with van der Waals surface area (Å²) in [5.41, 5.74) is 1.37. The van der Waals surface area contributed by atoms with E-state index in [4.69, 9.17) is 4.74 Å². The predicted octanol–water partition coefficient (Wildman–Crippen LogP) is 2.05. The number of piperazine rings is 1. The molecule has 1 fully saturated rings. The molecule has 0 unspecified atom stereocenters. The number of hydrogen-bond donors (Lipinski definition) is 0. The molecule has 1 aromatic rings. The van der Waals surface area contributed by atoms with E-state index in [0.717, 1.165) is 12.3 Å². The predicted molar refractivity (Wildman–Crippen MR) is 78.5 cm³/mol. The summed E-state index contributed by atoms with van der Waals surface area (Å²) in [4.78, 5) is 4.90. The minimum atomic E-state index is 0.965. The topological polar surface area (TPSA) is 15.7 Å². The molecule has 0 aliphatic carbocycles. The highest BCUT2D eigenvalue weighted by Crippen LogP contribution is 2.22. The molecule has 0 saturated carbocycles. The molecule has 4 heteroatoms. The van der Waals surface area contributed by atoms with Crippen molar-refractivity contribution in [1.82, 2.24) is 9.80 Å². The fraction of sp³-hybridized carbons (Fsp3) is 0.538. The molecular formula is C13H19IN2O. The van der Waals surface area contributed by atoms with E-state index in [1.807, 2.05) is 0 Å². The van der Waals surface area contributed by atoms with Crippen molar-refractivity contribution in [2.24, 2.45) is 0 Å². The van der Waals surface area contributed by atoms with Crippen LogP contribution in [0.2, 0.25) is 0 Å². The molecule has 1 aromatic carbocycles. The van der Waals surface area contributed by atoms with Gasteiger partial charge in [0.2, 0.25) is 0 Å². The van der Waals surface area contributed by atoms with Gasteiger partial charge in [0.1, 0.15) is 5.75 Å². The summed E-state index contributed by atoms with van der Waals surface area (Å²) in [5, 5.41) is 0. The fourth-order valence-corrected chi connectivity index (χ4v) is 2.87. The number of ether oxygens (including phenoxy) is 1. The lowest BCUT2D eigenvalue weighted by molar-refractivity contribution is 0.148. The first-order valence-electron chi connectivity index (χ1n) is 5.92. The van der Waals surface area contributed by atoms with Crippen LogP contribution in [-0.2, 0) is 6.54 Å². The van der Waals surface area contributed by atoms with Crippen molar-refractivity contribution in [3.63, 3.8) is 0 Å². The highest BCUT2D eigenvalue weighted by atomic mass is 127. The lowest BCUT2D eigenvalue weighted by Crippen LogP contribution is -2.43. The summed E-state index contributed by atoms with van der Waals surface area (Å²) in [5.74, 6) is 0.965. The van der Waals surface area contributed by atoms with Gasteiger partial charge in [-0.3, -0.25) is 4.90 Å². The first kappa shape index (κ1) is 13.1. The number of rotatable bonds is 3. The van der Waals surface area contributed by atoms with Crippen LogP contribution in [-0.4, -0.2) is 50.1 Å². The first-order chi connectivity index (χ1) is 8.19. The smallest absolute Gasteiger partial charge is 0.132 e. The van der Waals surface area contributed by atoms with E-state index >= 15 is 0 Å². The van der Waals surface area contributed by atoms with E-state index in [1.165, 1.54) is 35.3 Å². The van der Waals surface area contributed by atoms with Crippen LogP contribution in [0.5, 0.6) is 5.75 Å². The minimum absolute atomic E-state index is 0.965. The summed E-state index contributed by atoms with van der Waals surface area (Å²) in [6, 6.07) is 6.45. The number of halogens is 1. The number of nitrogens with zero attached hydrogens (tertiary/aromatic N) is 2. The Morgan fingerprint density at radius 3 is 2.53 bits per heavy atom. The van der Waals surface area contributed by atoms with Gasteiger partial charge in [0.25, 0.3) is 0 Å². The third-order valence-electron chi connectivity index (χ3n) is 3.22. The second-order valence-electron chi connectivity index (χ2n) is 4.55. The van der Waals surface area contributed by atoms with E-state index in [2.05, 4.69) is 57.6 Å². The van der Waals surface area contributed by atoms with Gasteiger partial charge in [0.05, 0.1) is 10.7 Å². The maximum Gasteiger partial charge on any atom is 0.132 e. The van der Waals surface area contributed by atoms with Gasteiger partial charge in [-0.2, -0.15) is 0 Å². The molecule has 2 rings (SSSR count). The van der Waals surface area contributed by atoms with Gasteiger partial charge in [-0.15, -0.1) is 0 Å². The SMILES string of the molecule is COc1ccc(CN2CCN(C)CC2)cc1I. The summed E-state index contributed by atoms with van der Waals surface area (Å²) in [7, 11) is 3.91. The van der Waals surface area contributed by atoms with Gasteiger partial charge < -0.3 is 9.64 Å². The van der Waals surface area contributed by atoms with Crippen molar-refractivity contribution in [3.8, 4) is 5.75 Å². The van der Waals surface area contributed by atoms with Gasteiger partial charge in [-0.05, 0) is 47.3 Å². The average Bonchev–Trinajstić information content (AvgIpc) is 2.32. The fourth-order valence-electron chi connectivity index (χ4n) is 2.07. The van der Waals surface area contributed by atoms with E-state index in [1.54, 1.807) is 7.11 Å². The summed E-state index contributed by atoms with van der Waals surface area (Å²) >= 11 is 2.33. The normalized spacial score (nSPS) is 18.3. The van der Waals surface area contributed by atoms with Crippen LogP contribution in [0, 0.1) is 3.57 Å². The molecule has 17 heavy (non-hydrogen) atoms. The number of benzene rings is 1. The van der Waals surface area contributed by atoms with Gasteiger partial charge in [0.15, 0.2) is 0 Å². The van der Waals surface area contributed by atoms with Crippen molar-refractivity contribution < 1.29 is 4.74 Å². The molecule has 0 N–H and O–H groups in total. The molecule has 0 aromatic heterocycles. The molecule has 1 aliphatic rings. The Bertz CT molecular complexity index is 376. The number of likely N-dealkylation sites (N-methyl/N-ethyl adjacent to an activating group) is 1. The molecule has 1 saturated heterocycles. The second-order valence-corrected chi connectivity index (χ2v) is 5.71. The van der Waals surface area contributed by atoms with Gasteiger partial charge in [-0.1, -0.05) is 6.07 Å². The summed E-state index contributed by atoms with van der Waals surface area (Å²) < 4.78 is 6.47. The monoisotopic (exact) mass is 346 g/mol. The lowest BCUT2D eigenvalue weighted by Gasteiger charge is -2.32. The molecule has 0 radical (unpaired) electrons. The molecule has 94 valence electrons. The molecule has 0 amide bonds. The maximum atomic E-state index is 5.28. The Kier molecular flexibility index (Phi) is 4.64. The largest absolute Gasteiger partial charge is 0.496 e. The van der Waals surface area contributed by atoms with Crippen LogP contribution in [0.25, 0.3) is 0 Å². The molecule has 0 atom stereocenters. The van der Waals surface area contributed by atoms with Crippen molar-refractivity contribution >= 4 is 22.6 Å². The van der Waals surface area contributed by atoms with E-state index < -0.39 is 0 Å². The lowest BCUT2D eigenvalue weighted by atomic mass is 10.2. The molecule has 0 spiro atoms. The number of hydrogen-bond acceptors (Lipinski definition) is 3. The molecule has 1 heterocycles. The van der Waals surface area contributed by atoms with E-state index in [9.17, 15) is 0 Å². The van der Waals surface area contributed by atoms with E-state index in [0.29, 0.717) is 0 Å². The Labute approximate surface area is 117 Å². The van der Waals surface area contributed by atoms with Crippen LogP contribution in [0.15, 0.2) is 18.2 Å². The van der Waals surface area contributed by atoms with Crippen LogP contribution >= 0.6 is 22.6 Å². The van der Waals surface area contributed by atoms with Gasteiger partial charge >= 0.3 is 0 Å². The van der Waals surface area contributed by atoms with Crippen LogP contribution in [0.4, 0.5) is 0 Å². The Morgan fingerprint density at radius 1 is 1.24 bits per heavy atom. The zero-order valence-corrected chi connectivity index (χ0v) is 12.6. The highest BCUT2D eigenvalue weighted by molar-refractivity contribution is 14.1. The Hall–Kier alpha value is -0.330. The zero-order valence-electron chi connectivity index (χ0n) is 10.4. The summed E-state index contributed by atoms with van der Waals surface area (Å²) in [6.45, 7) is 5.73. The van der Waals surface area contributed by atoms with Crippen LogP contribution < -0.4 is 4.74 Å². The van der Waals surface area contributed by atoms with Crippen LogP contribution in [0.3, 0.4) is 0 Å². The second kappa shape index (κ2) is 6.02. The Morgan fingerprint density at radius 2 is 1.94 bits per heavy atom. The molecular weight excluding hydrogens is 327 g/mol. The van der Waals surface area contributed by atoms with Crippen molar-refractivity contribution in [1.29, 1.82) is 0 Å². The quantitative estimate of drug-likeness (QED) is 0.780. The summed E-state index contributed by atoms with van der Waals surface area (Å²) in [6.07, 6.45) is 0. The maximum absolute atomic E-state index is 5.28. The van der Waals surface area contributed by atoms with E-state index in [-0.39, 0.29) is 0 Å². The minimum Gasteiger partial charge on any atom is -0.496 e. The third-order valence-corrected chi connectivity index (χ3v) is 4.06. The Balaban J connectivity index is 1.97. The highest BCUT2D eigenvalue weighted by Gasteiger charge is 2.14. The van der Waals surface area contributed by atoms with Crippen molar-refractivity contribution in [3.05, 3.63) is 27.3 Å². The van der Waals surface area contributed by atoms with Gasteiger partial charge in [0, 0.05) is 32.7 Å². The zero-order chi connectivity index (χ0) is 12.3. The van der Waals surface area contributed by atoms with Crippen LogP contribution in [0.1, 0.15) is 5.56 Å². The average molecular weight is 346 g/mol. The molecule has 3 nitrogen and oxygen atoms in total. The third kappa shape index (κ3) is 3.56. The number of methoxy groups -OCH3 is 1. The first-order valence-corrected chi connectivity index (χ1v) is 7.00. The van der Waals surface area contributed by atoms with Gasteiger partial charge in [-0.25, -0.2) is 0 Å². The molecule has 1 aliphatic heterocycles. The standard InChI is InChI=1S/C13H19IN2O/c1-15-5-7-16(8-6-15)10-11-3-4-13(17-2)12(14)9-11/h3-4,9H,5-8,10H2,1-2H3. The van der Waals surface area contributed by atoms with Crippen molar-refractivity contribution in [2.45, 2.75) is 6.54 Å².